The third kappa shape index (κ3) is 4.03. The van der Waals surface area contributed by atoms with Crippen molar-refractivity contribution in [2.24, 2.45) is 5.92 Å². The maximum Gasteiger partial charge on any atom is 0.182 e. The van der Waals surface area contributed by atoms with Gasteiger partial charge in [-0.3, -0.25) is 9.89 Å². The number of phenolic OH excluding ortho intramolecular Hbond substituents is 1. The molecule has 2 N–H and O–H groups in total. The highest BCUT2D eigenvalue weighted by atomic mass is 16.3. The second-order valence-electron chi connectivity index (χ2n) is 8.41. The van der Waals surface area contributed by atoms with E-state index in [4.69, 9.17) is 0 Å². The fourth-order valence-corrected chi connectivity index (χ4v) is 4.41. The minimum absolute atomic E-state index is 0.162. The Hall–Kier alpha value is -2.73. The van der Waals surface area contributed by atoms with Crippen molar-refractivity contribution in [3.8, 4) is 17.0 Å². The standard InChI is InChI=1S/C23H28N4O2/c1-14-22-19(21(29)12-15-4-8-17(9-5-15)27(2)3)13-20(24-23(22)26-25-14)16-6-10-18(28)11-7-16/h6-7,10-11,13,15,17,28H,4-5,8-9,12H2,1-3H3,(H,24,25,26). The average Bonchev–Trinajstić information content (AvgIpc) is 3.09. The highest BCUT2D eigenvalue weighted by molar-refractivity contribution is 6.08. The van der Waals surface area contributed by atoms with Crippen molar-refractivity contribution in [3.05, 3.63) is 41.6 Å². The SMILES string of the molecule is Cc1[nH]nc2nc(-c3ccc(O)cc3)cc(C(=O)CC3CCC(N(C)C)CC3)c12. The number of nitrogens with zero attached hydrogens (tertiary/aromatic N) is 3. The van der Waals surface area contributed by atoms with Crippen molar-refractivity contribution in [2.75, 3.05) is 14.1 Å². The van der Waals surface area contributed by atoms with Crippen LogP contribution in [0, 0.1) is 12.8 Å². The molecule has 0 spiro atoms. The Labute approximate surface area is 171 Å². The number of benzene rings is 1. The molecule has 1 aliphatic carbocycles. The fraction of sp³-hybridized carbons (Fsp3) is 0.435. The Bertz CT molecular complexity index is 1020. The molecule has 0 aliphatic heterocycles. The maximum atomic E-state index is 13.3. The summed E-state index contributed by atoms with van der Waals surface area (Å²) in [7, 11) is 4.27. The quantitative estimate of drug-likeness (QED) is 0.632. The molecule has 1 aliphatic rings. The molecule has 0 bridgehead atoms. The van der Waals surface area contributed by atoms with Crippen LogP contribution >= 0.6 is 0 Å². The van der Waals surface area contributed by atoms with Crippen molar-refractivity contribution >= 4 is 16.8 Å². The lowest BCUT2D eigenvalue weighted by molar-refractivity contribution is 0.0936. The van der Waals surface area contributed by atoms with Gasteiger partial charge >= 0.3 is 0 Å². The Balaban J connectivity index is 1.62. The normalized spacial score (nSPS) is 19.7. The van der Waals surface area contributed by atoms with Gasteiger partial charge in [0.2, 0.25) is 0 Å². The molecule has 0 amide bonds. The van der Waals surface area contributed by atoms with E-state index in [1.54, 1.807) is 24.3 Å². The summed E-state index contributed by atoms with van der Waals surface area (Å²) in [5.74, 6) is 0.802. The lowest BCUT2D eigenvalue weighted by atomic mass is 9.81. The third-order valence-corrected chi connectivity index (χ3v) is 6.19. The molecule has 6 heteroatoms. The number of rotatable bonds is 5. The predicted octanol–water partition coefficient (Wildman–Crippen LogP) is 4.33. The van der Waals surface area contributed by atoms with Crippen LogP contribution in [0.25, 0.3) is 22.3 Å². The zero-order chi connectivity index (χ0) is 20.5. The van der Waals surface area contributed by atoms with Crippen molar-refractivity contribution in [3.63, 3.8) is 0 Å². The van der Waals surface area contributed by atoms with Crippen LogP contribution in [0.3, 0.4) is 0 Å². The van der Waals surface area contributed by atoms with Crippen LogP contribution in [0.5, 0.6) is 5.75 Å². The van der Waals surface area contributed by atoms with Gasteiger partial charge in [0.1, 0.15) is 5.75 Å². The van der Waals surface area contributed by atoms with Crippen LogP contribution in [-0.2, 0) is 0 Å². The molecule has 1 aromatic carbocycles. The molecule has 0 radical (unpaired) electrons. The van der Waals surface area contributed by atoms with E-state index < -0.39 is 0 Å². The van der Waals surface area contributed by atoms with E-state index >= 15 is 0 Å². The first-order valence-electron chi connectivity index (χ1n) is 10.3. The number of hydrogen-bond donors (Lipinski definition) is 2. The van der Waals surface area contributed by atoms with E-state index in [0.29, 0.717) is 35.3 Å². The van der Waals surface area contributed by atoms with E-state index in [-0.39, 0.29) is 11.5 Å². The monoisotopic (exact) mass is 392 g/mol. The minimum Gasteiger partial charge on any atom is -0.508 e. The molecular formula is C23H28N4O2. The van der Waals surface area contributed by atoms with E-state index in [2.05, 4.69) is 34.2 Å². The molecule has 6 nitrogen and oxygen atoms in total. The van der Waals surface area contributed by atoms with E-state index in [9.17, 15) is 9.90 Å². The zero-order valence-corrected chi connectivity index (χ0v) is 17.3. The topological polar surface area (TPSA) is 82.1 Å². The summed E-state index contributed by atoms with van der Waals surface area (Å²) in [5.41, 5.74) is 3.67. The van der Waals surface area contributed by atoms with Crippen LogP contribution in [-0.4, -0.2) is 51.1 Å². The number of nitrogens with one attached hydrogen (secondary N) is 1. The van der Waals surface area contributed by atoms with Gasteiger partial charge in [-0.25, -0.2) is 4.98 Å². The Morgan fingerprint density at radius 3 is 2.52 bits per heavy atom. The highest BCUT2D eigenvalue weighted by Crippen LogP contribution is 2.32. The van der Waals surface area contributed by atoms with Gasteiger partial charge in [0.15, 0.2) is 11.4 Å². The third-order valence-electron chi connectivity index (χ3n) is 6.19. The molecule has 4 rings (SSSR count). The van der Waals surface area contributed by atoms with Crippen LogP contribution in [0.4, 0.5) is 0 Å². The summed E-state index contributed by atoms with van der Waals surface area (Å²) < 4.78 is 0. The number of ketones is 1. The van der Waals surface area contributed by atoms with Gasteiger partial charge < -0.3 is 10.0 Å². The summed E-state index contributed by atoms with van der Waals surface area (Å²) in [5, 5.41) is 17.7. The number of hydrogen-bond acceptors (Lipinski definition) is 5. The number of phenols is 1. The van der Waals surface area contributed by atoms with Crippen LogP contribution in [0.15, 0.2) is 30.3 Å². The molecule has 2 aromatic heterocycles. The molecule has 1 saturated carbocycles. The van der Waals surface area contributed by atoms with Gasteiger partial charge in [0, 0.05) is 29.3 Å². The molecule has 0 atom stereocenters. The number of H-pyrrole nitrogens is 1. The number of aromatic hydroxyl groups is 1. The van der Waals surface area contributed by atoms with Gasteiger partial charge in [0.05, 0.1) is 11.1 Å². The lowest BCUT2D eigenvalue weighted by Crippen LogP contribution is -2.32. The van der Waals surface area contributed by atoms with Crippen molar-refractivity contribution < 1.29 is 9.90 Å². The smallest absolute Gasteiger partial charge is 0.182 e. The Morgan fingerprint density at radius 2 is 1.86 bits per heavy atom. The summed E-state index contributed by atoms with van der Waals surface area (Å²) in [6.07, 6.45) is 5.06. The number of carbonyl (C=O) groups excluding carboxylic acids is 1. The van der Waals surface area contributed by atoms with Crippen molar-refractivity contribution in [1.29, 1.82) is 0 Å². The summed E-state index contributed by atoms with van der Waals surface area (Å²) in [6, 6.07) is 9.37. The first kappa shape index (κ1) is 19.6. The lowest BCUT2D eigenvalue weighted by Gasteiger charge is -2.32. The predicted molar refractivity (Wildman–Crippen MR) is 114 cm³/mol. The number of aromatic amines is 1. The number of aryl methyl sites for hydroxylation is 1. The van der Waals surface area contributed by atoms with Gasteiger partial charge in [-0.1, -0.05) is 0 Å². The molecule has 3 aromatic rings. The molecule has 0 unspecified atom stereocenters. The van der Waals surface area contributed by atoms with Gasteiger partial charge in [-0.05, 0) is 83.0 Å². The fourth-order valence-electron chi connectivity index (χ4n) is 4.41. The average molecular weight is 393 g/mol. The van der Waals surface area contributed by atoms with E-state index in [1.165, 1.54) is 0 Å². The largest absolute Gasteiger partial charge is 0.508 e. The number of Topliss-reactive ketones (excluding diaryl/α,β-unsaturated/α-hetero) is 1. The van der Waals surface area contributed by atoms with Crippen LogP contribution < -0.4 is 0 Å². The zero-order valence-electron chi connectivity index (χ0n) is 17.3. The van der Waals surface area contributed by atoms with E-state index in [1.807, 2.05) is 13.0 Å². The number of aromatic nitrogens is 3. The number of pyridine rings is 1. The first-order valence-corrected chi connectivity index (χ1v) is 10.3. The Morgan fingerprint density at radius 1 is 1.17 bits per heavy atom. The maximum absolute atomic E-state index is 13.3. The van der Waals surface area contributed by atoms with Gasteiger partial charge in [0.25, 0.3) is 0 Å². The summed E-state index contributed by atoms with van der Waals surface area (Å²) >= 11 is 0. The molecule has 29 heavy (non-hydrogen) atoms. The highest BCUT2D eigenvalue weighted by Gasteiger charge is 2.26. The summed E-state index contributed by atoms with van der Waals surface area (Å²) in [4.78, 5) is 20.2. The Kier molecular flexibility index (Phi) is 5.37. The van der Waals surface area contributed by atoms with Crippen LogP contribution in [0.1, 0.15) is 48.2 Å². The van der Waals surface area contributed by atoms with Gasteiger partial charge in [-0.2, -0.15) is 5.10 Å². The first-order chi connectivity index (χ1) is 13.9. The minimum atomic E-state index is 0.162. The molecule has 0 saturated heterocycles. The second kappa shape index (κ2) is 7.95. The number of fused-ring (bicyclic) bond motifs is 1. The van der Waals surface area contributed by atoms with Gasteiger partial charge in [-0.15, -0.1) is 0 Å². The number of carbonyl (C=O) groups is 1. The van der Waals surface area contributed by atoms with Crippen LogP contribution in [0.2, 0.25) is 0 Å². The van der Waals surface area contributed by atoms with E-state index in [0.717, 1.165) is 42.3 Å². The molecular weight excluding hydrogens is 364 g/mol. The molecule has 2 heterocycles. The van der Waals surface area contributed by atoms with Crippen molar-refractivity contribution in [1.82, 2.24) is 20.1 Å². The molecule has 152 valence electrons. The van der Waals surface area contributed by atoms with Crippen molar-refractivity contribution in [2.45, 2.75) is 45.1 Å². The molecule has 1 fully saturated rings. The summed E-state index contributed by atoms with van der Waals surface area (Å²) in [6.45, 7) is 1.93. The second-order valence-corrected chi connectivity index (χ2v) is 8.41.